The molecule has 2 aromatic heterocycles. The minimum Gasteiger partial charge on any atom is -0.143 e. The Morgan fingerprint density at radius 2 is 2.10 bits per heavy atom. The second-order valence-electron chi connectivity index (χ2n) is 5.06. The summed E-state index contributed by atoms with van der Waals surface area (Å²) >= 11 is 3.29. The van der Waals surface area contributed by atoms with E-state index in [1.807, 2.05) is 11.3 Å². The van der Waals surface area contributed by atoms with Gasteiger partial charge < -0.3 is 0 Å². The zero-order chi connectivity index (χ0) is 13.8. The number of aryl methyl sites for hydroxylation is 1. The van der Waals surface area contributed by atoms with Gasteiger partial charge in [-0.2, -0.15) is 0 Å². The Kier molecular flexibility index (Phi) is 4.43. The lowest BCUT2D eigenvalue weighted by Crippen LogP contribution is -1.82. The van der Waals surface area contributed by atoms with Crippen LogP contribution in [0.25, 0.3) is 20.7 Å². The largest absolute Gasteiger partial charge is 0.143 e. The van der Waals surface area contributed by atoms with Crippen LogP contribution in [0.3, 0.4) is 0 Å². The van der Waals surface area contributed by atoms with Crippen molar-refractivity contribution >= 4 is 33.1 Å². The summed E-state index contributed by atoms with van der Waals surface area (Å²) in [5.41, 5.74) is 3.72. The van der Waals surface area contributed by atoms with Crippen LogP contribution in [0.4, 0.5) is 0 Å². The molecule has 0 amide bonds. The normalized spacial score (nSPS) is 11.2. The Hall–Kier alpha value is -1.26. The molecular formula is C16H18N2S2. The van der Waals surface area contributed by atoms with E-state index < -0.39 is 0 Å². The van der Waals surface area contributed by atoms with Crippen LogP contribution in [0.1, 0.15) is 38.2 Å². The van der Waals surface area contributed by atoms with Crippen LogP contribution in [0.15, 0.2) is 29.6 Å². The summed E-state index contributed by atoms with van der Waals surface area (Å²) < 4.78 is 5.23. The molecule has 0 atom stereocenters. The molecule has 0 radical (unpaired) electrons. The highest BCUT2D eigenvalue weighted by molar-refractivity contribution is 7.14. The molecule has 0 spiro atoms. The monoisotopic (exact) mass is 302 g/mol. The fraction of sp³-hybridized carbons (Fsp3) is 0.375. The van der Waals surface area contributed by atoms with Gasteiger partial charge in [0.05, 0.1) is 4.70 Å². The summed E-state index contributed by atoms with van der Waals surface area (Å²) in [4.78, 5) is 1.31. The molecule has 104 valence electrons. The molecule has 0 aliphatic heterocycles. The average Bonchev–Trinajstić information content (AvgIpc) is 3.12. The van der Waals surface area contributed by atoms with Gasteiger partial charge in [-0.3, -0.25) is 0 Å². The van der Waals surface area contributed by atoms with E-state index >= 15 is 0 Å². The van der Waals surface area contributed by atoms with Gasteiger partial charge in [-0.15, -0.1) is 16.4 Å². The van der Waals surface area contributed by atoms with Gasteiger partial charge in [-0.25, -0.2) is 0 Å². The molecule has 20 heavy (non-hydrogen) atoms. The SMILES string of the molecule is CCCCCCc1csc(-c2cccc3snnc23)c1. The molecule has 1 aromatic carbocycles. The highest BCUT2D eigenvalue weighted by Crippen LogP contribution is 2.33. The molecular weight excluding hydrogens is 284 g/mol. The summed E-state index contributed by atoms with van der Waals surface area (Å²) in [6, 6.07) is 8.65. The average molecular weight is 302 g/mol. The Morgan fingerprint density at radius 3 is 3.00 bits per heavy atom. The molecule has 0 saturated carbocycles. The first-order chi connectivity index (χ1) is 9.88. The van der Waals surface area contributed by atoms with Crippen molar-refractivity contribution in [2.75, 3.05) is 0 Å². The zero-order valence-electron chi connectivity index (χ0n) is 11.6. The molecule has 3 rings (SSSR count). The van der Waals surface area contributed by atoms with Crippen LogP contribution < -0.4 is 0 Å². The number of thiophene rings is 1. The van der Waals surface area contributed by atoms with Gasteiger partial charge in [0, 0.05) is 10.4 Å². The Labute approximate surface area is 127 Å². The van der Waals surface area contributed by atoms with Gasteiger partial charge in [-0.1, -0.05) is 42.8 Å². The quantitative estimate of drug-likeness (QED) is 0.558. The van der Waals surface area contributed by atoms with Crippen LogP contribution in [-0.2, 0) is 6.42 Å². The predicted molar refractivity (Wildman–Crippen MR) is 88.6 cm³/mol. The highest BCUT2D eigenvalue weighted by atomic mass is 32.1. The van der Waals surface area contributed by atoms with Gasteiger partial charge in [0.25, 0.3) is 0 Å². The van der Waals surface area contributed by atoms with E-state index in [0.717, 1.165) is 5.52 Å². The van der Waals surface area contributed by atoms with E-state index in [9.17, 15) is 0 Å². The fourth-order valence-electron chi connectivity index (χ4n) is 2.41. The van der Waals surface area contributed by atoms with Crippen molar-refractivity contribution in [3.05, 3.63) is 35.2 Å². The Balaban J connectivity index is 1.78. The third kappa shape index (κ3) is 2.91. The number of nitrogens with zero attached hydrogens (tertiary/aromatic N) is 2. The molecule has 0 fully saturated rings. The number of unbranched alkanes of at least 4 members (excludes halogenated alkanes) is 3. The van der Waals surface area contributed by atoms with Crippen LogP contribution >= 0.6 is 22.9 Å². The lowest BCUT2D eigenvalue weighted by Gasteiger charge is -1.98. The van der Waals surface area contributed by atoms with Crippen LogP contribution in [0.5, 0.6) is 0 Å². The van der Waals surface area contributed by atoms with E-state index in [1.54, 1.807) is 0 Å². The first-order valence-corrected chi connectivity index (χ1v) is 8.82. The summed E-state index contributed by atoms with van der Waals surface area (Å²) in [7, 11) is 0. The highest BCUT2D eigenvalue weighted by Gasteiger charge is 2.09. The maximum Gasteiger partial charge on any atom is 0.114 e. The molecule has 0 bridgehead atoms. The van der Waals surface area contributed by atoms with Gasteiger partial charge in [0.15, 0.2) is 0 Å². The van der Waals surface area contributed by atoms with E-state index in [4.69, 9.17) is 0 Å². The van der Waals surface area contributed by atoms with Crippen LogP contribution in [0, 0.1) is 0 Å². The second-order valence-corrected chi connectivity index (χ2v) is 6.75. The van der Waals surface area contributed by atoms with Crippen molar-refractivity contribution in [3.63, 3.8) is 0 Å². The maximum atomic E-state index is 4.27. The predicted octanol–water partition coefficient (Wildman–Crippen LogP) is 5.54. The standard InChI is InChI=1S/C16H18N2S2/c1-2-3-4-5-7-12-10-15(19-11-12)13-8-6-9-14-16(13)17-18-20-14/h6,8-11H,2-5,7H2,1H3. The van der Waals surface area contributed by atoms with Crippen molar-refractivity contribution in [1.29, 1.82) is 0 Å². The van der Waals surface area contributed by atoms with E-state index in [0.29, 0.717) is 0 Å². The first-order valence-electron chi connectivity index (χ1n) is 7.17. The summed E-state index contributed by atoms with van der Waals surface area (Å²) in [5.74, 6) is 0. The Bertz CT molecular complexity index is 684. The summed E-state index contributed by atoms with van der Waals surface area (Å²) in [5, 5.41) is 6.56. The van der Waals surface area contributed by atoms with Crippen LogP contribution in [-0.4, -0.2) is 9.59 Å². The lowest BCUT2D eigenvalue weighted by molar-refractivity contribution is 0.667. The molecule has 3 aromatic rings. The van der Waals surface area contributed by atoms with Crippen molar-refractivity contribution in [3.8, 4) is 10.4 Å². The second kappa shape index (κ2) is 6.46. The third-order valence-corrected chi connectivity index (χ3v) is 5.22. The van der Waals surface area contributed by atoms with Crippen molar-refractivity contribution in [1.82, 2.24) is 9.59 Å². The molecule has 0 aliphatic rings. The number of benzene rings is 1. The summed E-state index contributed by atoms with van der Waals surface area (Å²) in [6.07, 6.45) is 6.48. The van der Waals surface area contributed by atoms with E-state index in [-0.39, 0.29) is 0 Å². The molecule has 0 aliphatic carbocycles. The minimum atomic E-state index is 1.04. The van der Waals surface area contributed by atoms with Crippen LogP contribution in [0.2, 0.25) is 0 Å². The molecule has 2 nitrogen and oxygen atoms in total. The molecule has 0 unspecified atom stereocenters. The number of hydrogen-bond acceptors (Lipinski definition) is 4. The van der Waals surface area contributed by atoms with Crippen molar-refractivity contribution < 1.29 is 0 Å². The van der Waals surface area contributed by atoms with Gasteiger partial charge in [-0.05, 0) is 47.5 Å². The topological polar surface area (TPSA) is 25.8 Å². The Morgan fingerprint density at radius 1 is 1.15 bits per heavy atom. The van der Waals surface area contributed by atoms with Gasteiger partial charge >= 0.3 is 0 Å². The lowest BCUT2D eigenvalue weighted by atomic mass is 10.1. The maximum absolute atomic E-state index is 4.27. The third-order valence-electron chi connectivity index (χ3n) is 3.52. The first kappa shape index (κ1) is 13.7. The fourth-order valence-corrected chi connectivity index (χ4v) is 3.97. The van der Waals surface area contributed by atoms with Crippen molar-refractivity contribution in [2.24, 2.45) is 0 Å². The van der Waals surface area contributed by atoms with Gasteiger partial charge in [0.2, 0.25) is 0 Å². The summed E-state index contributed by atoms with van der Waals surface area (Å²) in [6.45, 7) is 2.26. The minimum absolute atomic E-state index is 1.04. The van der Waals surface area contributed by atoms with E-state index in [2.05, 4.69) is 46.2 Å². The zero-order valence-corrected chi connectivity index (χ0v) is 13.3. The molecule has 0 N–H and O–H groups in total. The number of aromatic nitrogens is 2. The molecule has 0 saturated heterocycles. The van der Waals surface area contributed by atoms with Gasteiger partial charge in [0.1, 0.15) is 5.52 Å². The molecule has 4 heteroatoms. The molecule has 2 heterocycles. The van der Waals surface area contributed by atoms with Crippen molar-refractivity contribution in [2.45, 2.75) is 39.0 Å². The smallest absolute Gasteiger partial charge is 0.114 e. The number of rotatable bonds is 6. The number of hydrogen-bond donors (Lipinski definition) is 0. The van der Waals surface area contributed by atoms with E-state index in [1.165, 1.54) is 64.3 Å². The number of fused-ring (bicyclic) bond motifs is 1.